The topological polar surface area (TPSA) is 148 Å². The summed E-state index contributed by atoms with van der Waals surface area (Å²) < 4.78 is 13.4. The highest BCUT2D eigenvalue weighted by atomic mass is 16.5. The Morgan fingerprint density at radius 3 is 2.44 bits per heavy atom. The Kier molecular flexibility index (Phi) is 8.14. The molecule has 41 heavy (non-hydrogen) atoms. The van der Waals surface area contributed by atoms with Crippen LogP contribution in [-0.4, -0.2) is 80.1 Å². The summed E-state index contributed by atoms with van der Waals surface area (Å²) in [6.45, 7) is 11.0. The number of carbonyl (C=O) groups excluding carboxylic acids is 2. The van der Waals surface area contributed by atoms with Crippen LogP contribution in [-0.2, 0) is 9.59 Å². The van der Waals surface area contributed by atoms with Crippen LogP contribution in [0.3, 0.4) is 0 Å². The third kappa shape index (κ3) is 6.87. The molecule has 3 atom stereocenters. The van der Waals surface area contributed by atoms with E-state index in [-0.39, 0.29) is 13.0 Å². The van der Waals surface area contributed by atoms with Crippen LogP contribution in [0.5, 0.6) is 11.5 Å². The summed E-state index contributed by atoms with van der Waals surface area (Å²) in [6, 6.07) is 6.31. The van der Waals surface area contributed by atoms with E-state index >= 15 is 0 Å². The maximum atomic E-state index is 13.8. The summed E-state index contributed by atoms with van der Waals surface area (Å²) in [5.74, 6) is -0.0252. The molecule has 0 saturated carbocycles. The van der Waals surface area contributed by atoms with E-state index in [2.05, 4.69) is 20.7 Å². The molecule has 1 aliphatic heterocycles. The highest BCUT2D eigenvalue weighted by molar-refractivity contribution is 5.91. The average molecular weight is 567 g/mol. The number of carboxylic acids is 1. The molecule has 0 radical (unpaired) electrons. The van der Waals surface area contributed by atoms with Crippen LogP contribution in [0.2, 0.25) is 0 Å². The number of amides is 3. The molecule has 4 rings (SSSR count). The van der Waals surface area contributed by atoms with Crippen LogP contribution in [0.25, 0.3) is 16.7 Å². The number of nitrogens with zero attached hydrogens (tertiary/aromatic N) is 4. The summed E-state index contributed by atoms with van der Waals surface area (Å²) in [4.78, 5) is 44.8. The SMILES string of the molecule is COc1ccc2c(O[C@@H]3C[C@@H](C(=O)O)N(C(=O)[C@@H](NC(=O)NC(C)(C)C)C(C)(C)C)C3)cc(-n3cccn3)nc2c1. The molecular weight excluding hydrogens is 528 g/mol. The summed E-state index contributed by atoms with van der Waals surface area (Å²) in [5.41, 5.74) is -0.597. The Morgan fingerprint density at radius 2 is 1.85 bits per heavy atom. The van der Waals surface area contributed by atoms with Crippen LogP contribution in [0.1, 0.15) is 48.0 Å². The quantitative estimate of drug-likeness (QED) is 0.394. The van der Waals surface area contributed by atoms with Crippen molar-refractivity contribution in [2.45, 2.75) is 71.7 Å². The molecule has 3 heterocycles. The van der Waals surface area contributed by atoms with Gasteiger partial charge in [-0.3, -0.25) is 4.79 Å². The second-order valence-corrected chi connectivity index (χ2v) is 12.3. The number of fused-ring (bicyclic) bond motifs is 1. The number of aromatic nitrogens is 3. The lowest BCUT2D eigenvalue weighted by atomic mass is 9.85. The average Bonchev–Trinajstić information content (AvgIpc) is 3.55. The van der Waals surface area contributed by atoms with Gasteiger partial charge in [-0.05, 0) is 44.4 Å². The van der Waals surface area contributed by atoms with Crippen molar-refractivity contribution in [3.05, 3.63) is 42.7 Å². The number of pyridine rings is 1. The smallest absolute Gasteiger partial charge is 0.326 e. The fourth-order valence-electron chi connectivity index (χ4n) is 4.77. The zero-order chi connectivity index (χ0) is 30.1. The number of carbonyl (C=O) groups is 3. The van der Waals surface area contributed by atoms with Crippen LogP contribution >= 0.6 is 0 Å². The minimum atomic E-state index is -1.14. The van der Waals surface area contributed by atoms with Gasteiger partial charge in [-0.2, -0.15) is 5.10 Å². The van der Waals surface area contributed by atoms with Crippen molar-refractivity contribution < 1.29 is 29.0 Å². The largest absolute Gasteiger partial charge is 0.497 e. The number of hydrogen-bond donors (Lipinski definition) is 3. The van der Waals surface area contributed by atoms with E-state index in [1.165, 1.54) is 4.90 Å². The predicted octanol–water partition coefficient (Wildman–Crippen LogP) is 3.37. The number of ether oxygens (including phenoxy) is 2. The van der Waals surface area contributed by atoms with E-state index in [4.69, 9.17) is 9.47 Å². The second-order valence-electron chi connectivity index (χ2n) is 12.3. The molecule has 1 aliphatic rings. The monoisotopic (exact) mass is 566 g/mol. The summed E-state index contributed by atoms with van der Waals surface area (Å²) >= 11 is 0. The van der Waals surface area contributed by atoms with E-state index in [1.54, 1.807) is 48.5 Å². The highest BCUT2D eigenvalue weighted by Gasteiger charge is 2.46. The first-order valence-corrected chi connectivity index (χ1v) is 13.4. The van der Waals surface area contributed by atoms with Gasteiger partial charge in [-0.25, -0.2) is 19.3 Å². The van der Waals surface area contributed by atoms with E-state index in [9.17, 15) is 19.5 Å². The van der Waals surface area contributed by atoms with Crippen molar-refractivity contribution in [1.29, 1.82) is 0 Å². The molecule has 3 amide bonds. The van der Waals surface area contributed by atoms with E-state index in [0.717, 1.165) is 0 Å². The van der Waals surface area contributed by atoms with Gasteiger partial charge in [0.25, 0.3) is 0 Å². The molecule has 220 valence electrons. The Bertz CT molecular complexity index is 1430. The number of hydrogen-bond acceptors (Lipinski definition) is 7. The molecule has 0 unspecified atom stereocenters. The fraction of sp³-hybridized carbons (Fsp3) is 0.483. The van der Waals surface area contributed by atoms with Gasteiger partial charge >= 0.3 is 12.0 Å². The van der Waals surface area contributed by atoms with Crippen LogP contribution in [0, 0.1) is 5.41 Å². The number of benzene rings is 1. The normalized spacial score (nSPS) is 18.2. The van der Waals surface area contributed by atoms with E-state index in [0.29, 0.717) is 28.2 Å². The van der Waals surface area contributed by atoms with Crippen molar-refractivity contribution in [2.75, 3.05) is 13.7 Å². The van der Waals surface area contributed by atoms with Crippen molar-refractivity contribution >= 4 is 28.8 Å². The van der Waals surface area contributed by atoms with Gasteiger partial charge in [0.1, 0.15) is 29.7 Å². The molecule has 2 aromatic heterocycles. The molecule has 0 spiro atoms. The Balaban J connectivity index is 1.63. The molecule has 1 aromatic carbocycles. The van der Waals surface area contributed by atoms with E-state index in [1.807, 2.05) is 47.6 Å². The number of rotatable bonds is 7. The lowest BCUT2D eigenvalue weighted by Gasteiger charge is -2.35. The van der Waals surface area contributed by atoms with Gasteiger partial charge in [0.05, 0.1) is 19.2 Å². The van der Waals surface area contributed by atoms with Gasteiger partial charge < -0.3 is 30.1 Å². The van der Waals surface area contributed by atoms with Gasteiger partial charge in [0, 0.05) is 41.9 Å². The van der Waals surface area contributed by atoms with Gasteiger partial charge in [0.2, 0.25) is 5.91 Å². The molecule has 0 aliphatic carbocycles. The molecule has 1 saturated heterocycles. The number of carboxylic acid groups (broad SMARTS) is 1. The third-order valence-electron chi connectivity index (χ3n) is 6.71. The zero-order valence-corrected chi connectivity index (χ0v) is 24.5. The number of likely N-dealkylation sites (tertiary alicyclic amines) is 1. The van der Waals surface area contributed by atoms with Crippen LogP contribution < -0.4 is 20.1 Å². The van der Waals surface area contributed by atoms with Crippen LogP contribution in [0.4, 0.5) is 4.79 Å². The Labute approximate surface area is 239 Å². The molecule has 12 heteroatoms. The fourth-order valence-corrected chi connectivity index (χ4v) is 4.77. The number of methoxy groups -OCH3 is 1. The minimum Gasteiger partial charge on any atom is -0.497 e. The first kappa shape index (κ1) is 29.6. The zero-order valence-electron chi connectivity index (χ0n) is 24.5. The number of nitrogens with one attached hydrogen (secondary N) is 2. The Morgan fingerprint density at radius 1 is 1.12 bits per heavy atom. The maximum absolute atomic E-state index is 13.8. The van der Waals surface area contributed by atoms with Crippen molar-refractivity contribution in [3.8, 4) is 17.3 Å². The lowest BCUT2D eigenvalue weighted by Crippen LogP contribution is -2.60. The molecule has 0 bridgehead atoms. The lowest BCUT2D eigenvalue weighted by molar-refractivity contribution is -0.150. The third-order valence-corrected chi connectivity index (χ3v) is 6.71. The highest BCUT2D eigenvalue weighted by Crippen LogP contribution is 2.33. The summed E-state index contributed by atoms with van der Waals surface area (Å²) in [7, 11) is 1.57. The van der Waals surface area contributed by atoms with Crippen molar-refractivity contribution in [1.82, 2.24) is 30.3 Å². The molecular formula is C29H38N6O6. The first-order valence-electron chi connectivity index (χ1n) is 13.4. The molecule has 3 N–H and O–H groups in total. The van der Waals surface area contributed by atoms with Gasteiger partial charge in [0.15, 0.2) is 5.82 Å². The summed E-state index contributed by atoms with van der Waals surface area (Å²) in [6.07, 6.45) is 2.84. The van der Waals surface area contributed by atoms with Crippen LogP contribution in [0.15, 0.2) is 42.7 Å². The Hall–Kier alpha value is -4.35. The van der Waals surface area contributed by atoms with Crippen molar-refractivity contribution in [3.63, 3.8) is 0 Å². The van der Waals surface area contributed by atoms with Gasteiger partial charge in [-0.15, -0.1) is 0 Å². The number of aliphatic carboxylic acids is 1. The predicted molar refractivity (Wildman–Crippen MR) is 152 cm³/mol. The van der Waals surface area contributed by atoms with E-state index < -0.39 is 47.0 Å². The standard InChI is InChI=1S/C29H38N6O6/c1-28(2,3)24(32-27(39)33-29(4,5)6)25(36)34-16-18(14-21(34)26(37)38)41-22-15-23(35-12-8-11-30-35)31-20-13-17(40-7)9-10-19(20)22/h8-13,15,18,21,24H,14,16H2,1-7H3,(H,37,38)(H2,32,33,39)/t18-,21+,24-/m1/s1. The minimum absolute atomic E-state index is 0.0298. The molecule has 1 fully saturated rings. The number of urea groups is 1. The molecule has 12 nitrogen and oxygen atoms in total. The first-order chi connectivity index (χ1) is 19.2. The second kappa shape index (κ2) is 11.3. The summed E-state index contributed by atoms with van der Waals surface area (Å²) in [5, 5.41) is 20.6. The van der Waals surface area contributed by atoms with Gasteiger partial charge in [-0.1, -0.05) is 20.8 Å². The molecule has 3 aromatic rings. The maximum Gasteiger partial charge on any atom is 0.326 e. The van der Waals surface area contributed by atoms with Crippen molar-refractivity contribution in [2.24, 2.45) is 5.41 Å².